The van der Waals surface area contributed by atoms with Gasteiger partial charge in [0.2, 0.25) is 0 Å². The van der Waals surface area contributed by atoms with E-state index < -0.39 is 0 Å². The highest BCUT2D eigenvalue weighted by Crippen LogP contribution is 2.18. The first-order valence-electron chi connectivity index (χ1n) is 5.77. The Bertz CT molecular complexity index is 437. The Morgan fingerprint density at radius 1 is 1.71 bits per heavy atom. The topological polar surface area (TPSA) is 78.0 Å². The van der Waals surface area contributed by atoms with Gasteiger partial charge in [-0.05, 0) is 32.0 Å². The van der Waals surface area contributed by atoms with Gasteiger partial charge in [-0.3, -0.25) is 0 Å². The van der Waals surface area contributed by atoms with Crippen LogP contribution in [-0.4, -0.2) is 36.6 Å². The van der Waals surface area contributed by atoms with Crippen LogP contribution >= 0.6 is 0 Å². The maximum absolute atomic E-state index is 8.98. The quantitative estimate of drug-likeness (QED) is 0.808. The van der Waals surface area contributed by atoms with Crippen molar-refractivity contribution in [1.29, 1.82) is 5.26 Å². The number of hydrogen-bond acceptors (Lipinski definition) is 5. The van der Waals surface area contributed by atoms with Gasteiger partial charge in [-0.25, -0.2) is 4.98 Å². The number of nitrogen functional groups attached to an aromatic ring is 1. The molecule has 0 radical (unpaired) electrons. The molecule has 90 valence electrons. The van der Waals surface area contributed by atoms with Gasteiger partial charge in [0.05, 0.1) is 17.4 Å². The fourth-order valence-electron chi connectivity index (χ4n) is 2.14. The number of nitriles is 1. The molecule has 0 spiro atoms. The lowest BCUT2D eigenvalue weighted by Crippen LogP contribution is -2.19. The number of nitrogens with zero attached hydrogens (tertiary/aromatic N) is 3. The van der Waals surface area contributed by atoms with Crippen LogP contribution in [0.5, 0.6) is 0 Å². The number of pyridine rings is 1. The second kappa shape index (κ2) is 5.02. The highest BCUT2D eigenvalue weighted by Gasteiger charge is 2.19. The van der Waals surface area contributed by atoms with E-state index in [-0.39, 0.29) is 0 Å². The van der Waals surface area contributed by atoms with Gasteiger partial charge in [-0.2, -0.15) is 5.26 Å². The molecule has 0 aliphatic carbocycles. The average Bonchev–Trinajstić information content (AvgIpc) is 2.73. The molecule has 0 amide bonds. The number of nitrogens with two attached hydrogens (primary N) is 1. The van der Waals surface area contributed by atoms with E-state index in [1.165, 1.54) is 6.42 Å². The average molecular weight is 231 g/mol. The van der Waals surface area contributed by atoms with E-state index in [0.29, 0.717) is 23.0 Å². The first kappa shape index (κ1) is 11.7. The minimum atomic E-state index is 0.511. The third kappa shape index (κ3) is 2.86. The molecular formula is C12H17N5. The zero-order valence-electron chi connectivity index (χ0n) is 9.98. The number of nitrogens with one attached hydrogen (secondary N) is 1. The van der Waals surface area contributed by atoms with Crippen LogP contribution < -0.4 is 11.1 Å². The summed E-state index contributed by atoms with van der Waals surface area (Å²) in [6.07, 6.45) is 2.77. The second-order valence-corrected chi connectivity index (χ2v) is 4.57. The van der Waals surface area contributed by atoms with Crippen molar-refractivity contribution in [2.75, 3.05) is 37.7 Å². The Morgan fingerprint density at radius 3 is 3.18 bits per heavy atom. The van der Waals surface area contributed by atoms with E-state index in [0.717, 1.165) is 19.6 Å². The van der Waals surface area contributed by atoms with Gasteiger partial charge < -0.3 is 16.0 Å². The fraction of sp³-hybridized carbons (Fsp3) is 0.500. The van der Waals surface area contributed by atoms with Crippen LogP contribution in [0, 0.1) is 17.2 Å². The molecule has 1 atom stereocenters. The standard InChI is InChI=1S/C12H17N5/c1-17-3-2-9(8-17)6-15-12-10(5-13)4-11(14)7-16-12/h4,7,9H,2-3,6,8,14H2,1H3,(H,15,16). The van der Waals surface area contributed by atoms with Crippen LogP contribution in [0.3, 0.4) is 0 Å². The zero-order chi connectivity index (χ0) is 12.3. The Morgan fingerprint density at radius 2 is 2.53 bits per heavy atom. The zero-order valence-corrected chi connectivity index (χ0v) is 9.98. The Labute approximate surface area is 101 Å². The smallest absolute Gasteiger partial charge is 0.144 e. The van der Waals surface area contributed by atoms with Gasteiger partial charge in [0, 0.05) is 13.1 Å². The minimum absolute atomic E-state index is 0.511. The molecule has 0 bridgehead atoms. The maximum Gasteiger partial charge on any atom is 0.144 e. The van der Waals surface area contributed by atoms with Crippen molar-refractivity contribution in [2.45, 2.75) is 6.42 Å². The molecule has 1 unspecified atom stereocenters. The Kier molecular flexibility index (Phi) is 3.45. The Balaban J connectivity index is 1.97. The van der Waals surface area contributed by atoms with Crippen LogP contribution in [-0.2, 0) is 0 Å². The first-order valence-corrected chi connectivity index (χ1v) is 5.77. The predicted octanol–water partition coefficient (Wildman–Crippen LogP) is 0.899. The van der Waals surface area contributed by atoms with E-state index in [4.69, 9.17) is 11.0 Å². The third-order valence-electron chi connectivity index (χ3n) is 3.08. The first-order chi connectivity index (χ1) is 8.19. The van der Waals surface area contributed by atoms with E-state index in [1.54, 1.807) is 12.3 Å². The molecule has 17 heavy (non-hydrogen) atoms. The van der Waals surface area contributed by atoms with Crippen molar-refractivity contribution >= 4 is 11.5 Å². The normalized spacial score (nSPS) is 20.1. The number of aromatic nitrogens is 1. The summed E-state index contributed by atoms with van der Waals surface area (Å²) in [5.41, 5.74) is 6.62. The van der Waals surface area contributed by atoms with Crippen LogP contribution in [0.15, 0.2) is 12.3 Å². The molecule has 1 aromatic heterocycles. The van der Waals surface area contributed by atoms with E-state index in [2.05, 4.69) is 28.3 Å². The molecule has 0 saturated carbocycles. The molecule has 0 aromatic carbocycles. The van der Waals surface area contributed by atoms with Crippen LogP contribution in [0.1, 0.15) is 12.0 Å². The van der Waals surface area contributed by atoms with Gasteiger partial charge >= 0.3 is 0 Å². The minimum Gasteiger partial charge on any atom is -0.397 e. The molecule has 1 saturated heterocycles. The lowest BCUT2D eigenvalue weighted by Gasteiger charge is -2.13. The predicted molar refractivity (Wildman–Crippen MR) is 67.5 cm³/mol. The summed E-state index contributed by atoms with van der Waals surface area (Å²) >= 11 is 0. The second-order valence-electron chi connectivity index (χ2n) is 4.57. The molecule has 1 aliphatic rings. The van der Waals surface area contributed by atoms with Gasteiger partial charge in [-0.15, -0.1) is 0 Å². The summed E-state index contributed by atoms with van der Waals surface area (Å²) in [5, 5.41) is 12.2. The molecule has 2 heterocycles. The van der Waals surface area contributed by atoms with Gasteiger partial charge in [0.25, 0.3) is 0 Å². The van der Waals surface area contributed by atoms with Crippen molar-refractivity contribution in [2.24, 2.45) is 5.92 Å². The monoisotopic (exact) mass is 231 g/mol. The van der Waals surface area contributed by atoms with Crippen molar-refractivity contribution < 1.29 is 0 Å². The van der Waals surface area contributed by atoms with Crippen molar-refractivity contribution in [1.82, 2.24) is 9.88 Å². The SMILES string of the molecule is CN1CCC(CNc2ncc(N)cc2C#N)C1. The van der Waals surface area contributed by atoms with Crippen molar-refractivity contribution in [3.05, 3.63) is 17.8 Å². The largest absolute Gasteiger partial charge is 0.397 e. The molecule has 3 N–H and O–H groups in total. The molecule has 1 aliphatic heterocycles. The molecule has 5 heteroatoms. The van der Waals surface area contributed by atoms with Gasteiger partial charge in [0.15, 0.2) is 0 Å². The summed E-state index contributed by atoms with van der Waals surface area (Å²) < 4.78 is 0. The summed E-state index contributed by atoms with van der Waals surface area (Å²) in [6.45, 7) is 3.10. The van der Waals surface area contributed by atoms with Crippen LogP contribution in [0.2, 0.25) is 0 Å². The molecule has 1 aromatic rings. The molecule has 5 nitrogen and oxygen atoms in total. The van der Waals surface area contributed by atoms with E-state index in [1.807, 2.05) is 0 Å². The maximum atomic E-state index is 8.98. The summed E-state index contributed by atoms with van der Waals surface area (Å²) in [7, 11) is 2.13. The summed E-state index contributed by atoms with van der Waals surface area (Å²) in [5.74, 6) is 1.27. The highest BCUT2D eigenvalue weighted by atomic mass is 15.1. The molecule has 2 rings (SSSR count). The highest BCUT2D eigenvalue weighted by molar-refractivity contribution is 5.57. The fourth-order valence-corrected chi connectivity index (χ4v) is 2.14. The van der Waals surface area contributed by atoms with E-state index in [9.17, 15) is 0 Å². The summed E-state index contributed by atoms with van der Waals surface area (Å²) in [6, 6.07) is 3.75. The van der Waals surface area contributed by atoms with Crippen molar-refractivity contribution in [3.63, 3.8) is 0 Å². The van der Waals surface area contributed by atoms with Gasteiger partial charge in [-0.1, -0.05) is 0 Å². The van der Waals surface area contributed by atoms with Crippen LogP contribution in [0.25, 0.3) is 0 Å². The van der Waals surface area contributed by atoms with Gasteiger partial charge in [0.1, 0.15) is 11.9 Å². The van der Waals surface area contributed by atoms with E-state index >= 15 is 0 Å². The third-order valence-corrected chi connectivity index (χ3v) is 3.08. The molecular weight excluding hydrogens is 214 g/mol. The Hall–Kier alpha value is -1.80. The van der Waals surface area contributed by atoms with Crippen LogP contribution in [0.4, 0.5) is 11.5 Å². The number of hydrogen-bond donors (Lipinski definition) is 2. The number of anilines is 2. The lowest BCUT2D eigenvalue weighted by atomic mass is 10.1. The lowest BCUT2D eigenvalue weighted by molar-refractivity contribution is 0.399. The summed E-state index contributed by atoms with van der Waals surface area (Å²) in [4.78, 5) is 6.47. The number of likely N-dealkylation sites (tertiary alicyclic amines) is 1. The number of rotatable bonds is 3. The molecule has 1 fully saturated rings. The van der Waals surface area contributed by atoms with Crippen molar-refractivity contribution in [3.8, 4) is 6.07 Å².